The number of hydrogen-bond acceptors (Lipinski definition) is 7. The maximum Gasteiger partial charge on any atom is 0.412 e. The highest BCUT2D eigenvalue weighted by atomic mass is 35.5. The number of esters is 2. The molecule has 0 atom stereocenters. The summed E-state index contributed by atoms with van der Waals surface area (Å²) in [6.07, 6.45) is -0.882. The molecule has 1 heterocycles. The van der Waals surface area contributed by atoms with Gasteiger partial charge in [-0.05, 0) is 45.7 Å². The lowest BCUT2D eigenvalue weighted by Crippen LogP contribution is -2.26. The van der Waals surface area contributed by atoms with Crippen LogP contribution in [0.25, 0.3) is 0 Å². The van der Waals surface area contributed by atoms with Gasteiger partial charge in [-0.1, -0.05) is 53.5 Å². The van der Waals surface area contributed by atoms with E-state index in [-0.39, 0.29) is 28.7 Å². The predicted molar refractivity (Wildman–Crippen MR) is 125 cm³/mol. The molecule has 0 saturated heterocycles. The number of hydrogen-bond donors (Lipinski definition) is 1. The van der Waals surface area contributed by atoms with Crippen LogP contribution in [0.2, 0.25) is 0 Å². The summed E-state index contributed by atoms with van der Waals surface area (Å²) in [6.45, 7) is 7.97. The van der Waals surface area contributed by atoms with E-state index in [0.717, 1.165) is 16.9 Å². The molecule has 10 heteroatoms. The number of nitrogens with one attached hydrogen (secondary N) is 1. The van der Waals surface area contributed by atoms with Gasteiger partial charge in [0.15, 0.2) is 0 Å². The first-order valence-electron chi connectivity index (χ1n) is 9.66. The summed E-state index contributed by atoms with van der Waals surface area (Å²) in [5, 5.41) is 2.57. The summed E-state index contributed by atoms with van der Waals surface area (Å²) in [4.78, 5) is 37.9. The number of carbonyl (C=O) groups is 3. The largest absolute Gasteiger partial charge is 0.457 e. The standard InChI is InChI=1S/C22H25Cl2NO6S/c1-13-15(18(26)31-21(2,3)4)17(25-20(28)30-12-22(5,23)24)32-16(13)19(27)29-11-14-9-7-6-8-10-14/h6-10H,11-12H2,1-5H3,(H,25,28). The molecular weight excluding hydrogens is 477 g/mol. The van der Waals surface area contributed by atoms with E-state index in [1.807, 2.05) is 30.3 Å². The van der Waals surface area contributed by atoms with Gasteiger partial charge >= 0.3 is 18.0 Å². The highest BCUT2D eigenvalue weighted by Gasteiger charge is 2.30. The molecule has 174 valence electrons. The maximum absolute atomic E-state index is 12.8. The third-order valence-electron chi connectivity index (χ3n) is 3.82. The van der Waals surface area contributed by atoms with E-state index in [1.54, 1.807) is 27.7 Å². The average molecular weight is 502 g/mol. The van der Waals surface area contributed by atoms with Crippen LogP contribution in [0.3, 0.4) is 0 Å². The maximum atomic E-state index is 12.8. The van der Waals surface area contributed by atoms with Crippen LogP contribution in [0.5, 0.6) is 0 Å². The predicted octanol–water partition coefficient (Wildman–Crippen LogP) is 6.11. The van der Waals surface area contributed by atoms with Gasteiger partial charge in [-0.3, -0.25) is 5.32 Å². The van der Waals surface area contributed by atoms with Crippen LogP contribution < -0.4 is 5.32 Å². The number of carbonyl (C=O) groups excluding carboxylic acids is 3. The topological polar surface area (TPSA) is 90.9 Å². The molecule has 0 unspecified atom stereocenters. The van der Waals surface area contributed by atoms with Crippen molar-refractivity contribution < 1.29 is 28.6 Å². The molecule has 0 spiro atoms. The Morgan fingerprint density at radius 1 is 1.00 bits per heavy atom. The molecule has 1 aromatic carbocycles. The Bertz CT molecular complexity index is 977. The Hall–Kier alpha value is -2.29. The van der Waals surface area contributed by atoms with E-state index in [1.165, 1.54) is 6.92 Å². The Balaban J connectivity index is 2.28. The molecule has 1 N–H and O–H groups in total. The van der Waals surface area contributed by atoms with Gasteiger partial charge in [0, 0.05) is 0 Å². The molecule has 0 aliphatic rings. The van der Waals surface area contributed by atoms with Crippen molar-refractivity contribution in [1.82, 2.24) is 0 Å². The summed E-state index contributed by atoms with van der Waals surface area (Å²) in [5.74, 6) is -1.32. The number of halogens is 2. The minimum atomic E-state index is -1.27. The fourth-order valence-corrected chi connectivity index (χ4v) is 3.66. The number of alkyl halides is 2. The van der Waals surface area contributed by atoms with E-state index in [0.29, 0.717) is 5.56 Å². The van der Waals surface area contributed by atoms with Gasteiger partial charge < -0.3 is 14.2 Å². The van der Waals surface area contributed by atoms with Crippen LogP contribution in [-0.2, 0) is 20.8 Å². The van der Waals surface area contributed by atoms with Crippen LogP contribution in [0.1, 0.15) is 58.9 Å². The molecule has 0 aliphatic carbocycles. The van der Waals surface area contributed by atoms with Crippen molar-refractivity contribution in [3.8, 4) is 0 Å². The van der Waals surface area contributed by atoms with Gasteiger partial charge in [0.05, 0.1) is 5.56 Å². The van der Waals surface area contributed by atoms with Gasteiger partial charge in [0.25, 0.3) is 0 Å². The van der Waals surface area contributed by atoms with Crippen LogP contribution >= 0.6 is 34.5 Å². The summed E-state index contributed by atoms with van der Waals surface area (Å²) >= 11 is 12.5. The molecule has 1 amide bonds. The summed E-state index contributed by atoms with van der Waals surface area (Å²) in [5.41, 5.74) is 0.413. The van der Waals surface area contributed by atoms with Crippen LogP contribution in [0, 0.1) is 6.92 Å². The molecule has 1 aromatic heterocycles. The molecule has 0 fully saturated rings. The quantitative estimate of drug-likeness (QED) is 0.279. The van der Waals surface area contributed by atoms with Crippen LogP contribution in [-0.4, -0.2) is 34.6 Å². The normalized spacial score (nSPS) is 11.6. The van der Waals surface area contributed by atoms with E-state index >= 15 is 0 Å². The van der Waals surface area contributed by atoms with Crippen molar-refractivity contribution >= 4 is 57.6 Å². The molecule has 7 nitrogen and oxygen atoms in total. The highest BCUT2D eigenvalue weighted by molar-refractivity contribution is 7.18. The molecule has 0 aliphatic heterocycles. The molecular formula is C22H25Cl2NO6S. The number of rotatable bonds is 7. The van der Waals surface area contributed by atoms with Crippen molar-refractivity contribution in [1.29, 1.82) is 0 Å². The average Bonchev–Trinajstić information content (AvgIpc) is 2.99. The van der Waals surface area contributed by atoms with Crippen molar-refractivity contribution in [2.45, 2.75) is 51.2 Å². The second-order valence-corrected chi connectivity index (χ2v) is 11.0. The first-order valence-corrected chi connectivity index (χ1v) is 11.2. The number of thiophene rings is 1. The minimum absolute atomic E-state index is 0.0491. The minimum Gasteiger partial charge on any atom is -0.457 e. The fourth-order valence-electron chi connectivity index (χ4n) is 2.48. The first kappa shape index (κ1) is 26.0. The van der Waals surface area contributed by atoms with Crippen molar-refractivity contribution in [3.05, 3.63) is 51.9 Å². The van der Waals surface area contributed by atoms with Crippen LogP contribution in [0.15, 0.2) is 30.3 Å². The lowest BCUT2D eigenvalue weighted by Gasteiger charge is -2.20. The molecule has 0 bridgehead atoms. The van der Waals surface area contributed by atoms with E-state index in [9.17, 15) is 14.4 Å². The zero-order valence-corrected chi connectivity index (χ0v) is 20.7. The Morgan fingerprint density at radius 2 is 1.62 bits per heavy atom. The lowest BCUT2D eigenvalue weighted by molar-refractivity contribution is 0.00705. The zero-order chi connectivity index (χ0) is 24.1. The number of anilines is 1. The third-order valence-corrected chi connectivity index (χ3v) is 5.23. The van der Waals surface area contributed by atoms with Crippen LogP contribution in [0.4, 0.5) is 9.80 Å². The third kappa shape index (κ3) is 8.00. The summed E-state index contributed by atoms with van der Waals surface area (Å²) in [7, 11) is 0. The molecule has 2 rings (SSSR count). The first-order chi connectivity index (χ1) is 14.8. The van der Waals surface area contributed by atoms with Gasteiger partial charge in [-0.15, -0.1) is 11.3 Å². The molecule has 32 heavy (non-hydrogen) atoms. The van der Waals surface area contributed by atoms with E-state index in [4.69, 9.17) is 37.4 Å². The van der Waals surface area contributed by atoms with Gasteiger partial charge in [-0.25, -0.2) is 14.4 Å². The van der Waals surface area contributed by atoms with Crippen molar-refractivity contribution in [3.63, 3.8) is 0 Å². The second-order valence-electron chi connectivity index (χ2n) is 8.10. The smallest absolute Gasteiger partial charge is 0.412 e. The van der Waals surface area contributed by atoms with Gasteiger partial charge in [0.2, 0.25) is 0 Å². The highest BCUT2D eigenvalue weighted by Crippen LogP contribution is 2.35. The molecule has 0 saturated carbocycles. The van der Waals surface area contributed by atoms with Crippen molar-refractivity contribution in [2.24, 2.45) is 0 Å². The SMILES string of the molecule is Cc1c(C(=O)OCc2ccccc2)sc(NC(=O)OCC(C)(Cl)Cl)c1C(=O)OC(C)(C)C. The van der Waals surface area contributed by atoms with E-state index in [2.05, 4.69) is 5.32 Å². The molecule has 2 aromatic rings. The number of benzene rings is 1. The summed E-state index contributed by atoms with van der Waals surface area (Å²) < 4.78 is 14.5. The number of amides is 1. The Morgan fingerprint density at radius 3 is 2.19 bits per heavy atom. The lowest BCUT2D eigenvalue weighted by atomic mass is 10.1. The summed E-state index contributed by atoms with van der Waals surface area (Å²) in [6, 6.07) is 9.17. The van der Waals surface area contributed by atoms with Crippen molar-refractivity contribution in [2.75, 3.05) is 11.9 Å². The molecule has 0 radical (unpaired) electrons. The Kier molecular flexibility index (Phi) is 8.56. The van der Waals surface area contributed by atoms with Gasteiger partial charge in [-0.2, -0.15) is 0 Å². The Labute approximate surface area is 200 Å². The monoisotopic (exact) mass is 501 g/mol. The zero-order valence-electron chi connectivity index (χ0n) is 18.4. The number of ether oxygens (including phenoxy) is 3. The van der Waals surface area contributed by atoms with E-state index < -0.39 is 28.0 Å². The second kappa shape index (κ2) is 10.6. The van der Waals surface area contributed by atoms with Gasteiger partial charge in [0.1, 0.15) is 33.0 Å². The fraction of sp³-hybridized carbons (Fsp3) is 0.409.